The molecule has 0 spiro atoms. The van der Waals surface area contributed by atoms with E-state index >= 15 is 0 Å². The van der Waals surface area contributed by atoms with Crippen LogP contribution in [0.1, 0.15) is 5.56 Å². The second kappa shape index (κ2) is 5.64. The summed E-state index contributed by atoms with van der Waals surface area (Å²) in [5, 5.41) is 9.50. The largest absolute Gasteiger partial charge is 0.380 e. The Hall–Kier alpha value is -2.18. The van der Waals surface area contributed by atoms with Crippen molar-refractivity contribution in [2.75, 3.05) is 0 Å². The average Bonchev–Trinajstić information content (AvgIpc) is 2.42. The number of halogens is 2. The maximum Gasteiger partial charge on any atom is 0.131 e. The fourth-order valence-corrected chi connectivity index (χ4v) is 1.93. The van der Waals surface area contributed by atoms with Crippen LogP contribution in [0, 0.1) is 24.0 Å². The Balaban J connectivity index is 2.50. The van der Waals surface area contributed by atoms with Gasteiger partial charge in [0.1, 0.15) is 17.7 Å². The minimum Gasteiger partial charge on any atom is -0.380 e. The minimum absolute atomic E-state index is 0.167. The van der Waals surface area contributed by atoms with Crippen molar-refractivity contribution in [2.24, 2.45) is 0 Å². The number of hydrogen-bond donors (Lipinski definition) is 1. The lowest BCUT2D eigenvalue weighted by Crippen LogP contribution is -2.08. The summed E-state index contributed by atoms with van der Waals surface area (Å²) < 4.78 is 27.0. The van der Waals surface area contributed by atoms with E-state index < -0.39 is 17.7 Å². The van der Waals surface area contributed by atoms with Crippen LogP contribution in [0.5, 0.6) is 0 Å². The van der Waals surface area contributed by atoms with Crippen molar-refractivity contribution in [2.45, 2.75) is 12.5 Å². The predicted octanol–water partition coefficient (Wildman–Crippen LogP) is 3.17. The van der Waals surface area contributed by atoms with E-state index in [0.717, 1.165) is 18.2 Å². The van der Waals surface area contributed by atoms with Crippen LogP contribution in [-0.2, 0) is 6.42 Å². The molecule has 0 saturated heterocycles. The van der Waals surface area contributed by atoms with E-state index in [1.54, 1.807) is 24.3 Å². The van der Waals surface area contributed by atoms with Gasteiger partial charge in [-0.05, 0) is 29.3 Å². The lowest BCUT2D eigenvalue weighted by molar-refractivity contribution is 0.233. The summed E-state index contributed by atoms with van der Waals surface area (Å²) in [6.45, 7) is 0. The highest BCUT2D eigenvalue weighted by Gasteiger charge is 2.12. The Bertz CT molecular complexity index is 629. The van der Waals surface area contributed by atoms with Crippen molar-refractivity contribution >= 4 is 0 Å². The zero-order chi connectivity index (χ0) is 13.8. The first-order valence-corrected chi connectivity index (χ1v) is 5.79. The third-order valence-electron chi connectivity index (χ3n) is 2.84. The predicted molar refractivity (Wildman–Crippen MR) is 70.3 cm³/mol. The van der Waals surface area contributed by atoms with Gasteiger partial charge in [-0.15, -0.1) is 6.42 Å². The molecule has 3 heteroatoms. The Labute approximate surface area is 110 Å². The van der Waals surface area contributed by atoms with Gasteiger partial charge in [-0.25, -0.2) is 8.78 Å². The third-order valence-corrected chi connectivity index (χ3v) is 2.84. The van der Waals surface area contributed by atoms with E-state index in [0.29, 0.717) is 11.1 Å². The molecule has 2 rings (SSSR count). The zero-order valence-electron chi connectivity index (χ0n) is 10.1. The van der Waals surface area contributed by atoms with E-state index in [1.807, 2.05) is 0 Å². The smallest absolute Gasteiger partial charge is 0.131 e. The first kappa shape index (κ1) is 13.3. The molecule has 0 fully saturated rings. The van der Waals surface area contributed by atoms with Gasteiger partial charge < -0.3 is 5.11 Å². The molecule has 96 valence electrons. The van der Waals surface area contributed by atoms with Crippen molar-refractivity contribution in [1.82, 2.24) is 0 Å². The number of rotatable bonds is 3. The molecule has 2 aromatic carbocycles. The zero-order valence-corrected chi connectivity index (χ0v) is 10.1. The number of terminal acetylenes is 1. The Kier molecular flexibility index (Phi) is 3.94. The first-order valence-electron chi connectivity index (χ1n) is 5.79. The molecule has 0 aliphatic carbocycles. The van der Waals surface area contributed by atoms with Crippen LogP contribution in [0.15, 0.2) is 42.5 Å². The van der Waals surface area contributed by atoms with Crippen molar-refractivity contribution in [3.8, 4) is 23.5 Å². The van der Waals surface area contributed by atoms with Crippen LogP contribution in [0.4, 0.5) is 8.78 Å². The molecule has 0 saturated carbocycles. The summed E-state index contributed by atoms with van der Waals surface area (Å²) in [6, 6.07) is 10.2. The molecule has 1 unspecified atom stereocenters. The molecule has 1 nitrogen and oxygen atoms in total. The van der Waals surface area contributed by atoms with Gasteiger partial charge in [0.2, 0.25) is 0 Å². The van der Waals surface area contributed by atoms with Gasteiger partial charge in [-0.3, -0.25) is 0 Å². The fraction of sp³-hybridized carbons (Fsp3) is 0.125. The van der Waals surface area contributed by atoms with E-state index in [4.69, 9.17) is 6.42 Å². The van der Waals surface area contributed by atoms with Crippen LogP contribution >= 0.6 is 0 Å². The highest BCUT2D eigenvalue weighted by atomic mass is 19.1. The van der Waals surface area contributed by atoms with Crippen molar-refractivity contribution in [3.05, 3.63) is 59.7 Å². The molecular weight excluding hydrogens is 246 g/mol. The molecule has 0 heterocycles. The number of aliphatic hydroxyl groups is 1. The SMILES string of the molecule is C#CC(O)Cc1ccccc1-c1cc(F)ccc1F. The fourth-order valence-electron chi connectivity index (χ4n) is 1.93. The first-order chi connectivity index (χ1) is 9.11. The van der Waals surface area contributed by atoms with E-state index in [-0.39, 0.29) is 12.0 Å². The molecule has 0 aromatic heterocycles. The van der Waals surface area contributed by atoms with Crippen molar-refractivity contribution in [1.29, 1.82) is 0 Å². The van der Waals surface area contributed by atoms with E-state index in [2.05, 4.69) is 5.92 Å². The average molecular weight is 258 g/mol. The van der Waals surface area contributed by atoms with Gasteiger partial charge in [0.25, 0.3) is 0 Å². The molecular formula is C16H12F2O. The van der Waals surface area contributed by atoms with Gasteiger partial charge in [-0.2, -0.15) is 0 Å². The summed E-state index contributed by atoms with van der Waals surface area (Å²) in [7, 11) is 0. The number of aliphatic hydroxyl groups excluding tert-OH is 1. The second-order valence-electron chi connectivity index (χ2n) is 4.17. The molecule has 0 radical (unpaired) electrons. The summed E-state index contributed by atoms with van der Waals surface area (Å²) >= 11 is 0. The van der Waals surface area contributed by atoms with Crippen LogP contribution in [-0.4, -0.2) is 11.2 Å². The quantitative estimate of drug-likeness (QED) is 0.838. The van der Waals surface area contributed by atoms with Gasteiger partial charge in [-0.1, -0.05) is 30.2 Å². The van der Waals surface area contributed by atoms with Crippen LogP contribution in [0.25, 0.3) is 11.1 Å². The second-order valence-corrected chi connectivity index (χ2v) is 4.17. The molecule has 19 heavy (non-hydrogen) atoms. The Morgan fingerprint density at radius 2 is 1.84 bits per heavy atom. The van der Waals surface area contributed by atoms with E-state index in [9.17, 15) is 13.9 Å². The summed E-state index contributed by atoms with van der Waals surface area (Å²) in [5.41, 5.74) is 1.38. The molecule has 1 N–H and O–H groups in total. The van der Waals surface area contributed by atoms with Crippen molar-refractivity contribution in [3.63, 3.8) is 0 Å². The lowest BCUT2D eigenvalue weighted by atomic mass is 9.95. The molecule has 2 aromatic rings. The normalized spacial score (nSPS) is 11.9. The molecule has 0 amide bonds. The monoisotopic (exact) mass is 258 g/mol. The molecule has 0 aliphatic heterocycles. The maximum absolute atomic E-state index is 13.8. The molecule has 0 aliphatic rings. The number of benzene rings is 2. The molecule has 0 bridgehead atoms. The summed E-state index contributed by atoms with van der Waals surface area (Å²) in [4.78, 5) is 0. The van der Waals surface area contributed by atoms with E-state index in [1.165, 1.54) is 0 Å². The third kappa shape index (κ3) is 2.98. The van der Waals surface area contributed by atoms with Crippen LogP contribution < -0.4 is 0 Å². The Morgan fingerprint density at radius 1 is 1.11 bits per heavy atom. The van der Waals surface area contributed by atoms with Crippen molar-refractivity contribution < 1.29 is 13.9 Å². The van der Waals surface area contributed by atoms with Crippen LogP contribution in [0.2, 0.25) is 0 Å². The highest BCUT2D eigenvalue weighted by molar-refractivity contribution is 5.68. The Morgan fingerprint density at radius 3 is 2.58 bits per heavy atom. The topological polar surface area (TPSA) is 20.2 Å². The molecule has 1 atom stereocenters. The summed E-state index contributed by atoms with van der Waals surface area (Å²) in [6.07, 6.45) is 4.38. The van der Waals surface area contributed by atoms with Gasteiger partial charge >= 0.3 is 0 Å². The minimum atomic E-state index is -0.947. The van der Waals surface area contributed by atoms with Gasteiger partial charge in [0.15, 0.2) is 0 Å². The number of hydrogen-bond acceptors (Lipinski definition) is 1. The highest BCUT2D eigenvalue weighted by Crippen LogP contribution is 2.27. The standard InChI is InChI=1S/C16H12F2O/c1-2-13(19)9-11-5-3-4-6-14(11)15-10-12(17)7-8-16(15)18/h1,3-8,10,13,19H,9H2. The van der Waals surface area contributed by atoms with Crippen LogP contribution in [0.3, 0.4) is 0 Å². The summed E-state index contributed by atoms with van der Waals surface area (Å²) in [5.74, 6) is 1.19. The maximum atomic E-state index is 13.8. The lowest BCUT2D eigenvalue weighted by Gasteiger charge is -2.11. The van der Waals surface area contributed by atoms with Gasteiger partial charge in [0.05, 0.1) is 0 Å². The van der Waals surface area contributed by atoms with Gasteiger partial charge in [0, 0.05) is 12.0 Å².